The molecule has 2 atom stereocenters. The highest BCUT2D eigenvalue weighted by atomic mass is 35.5. The van der Waals surface area contributed by atoms with Crippen LogP contribution in [0, 0.1) is 23.1 Å². The van der Waals surface area contributed by atoms with Gasteiger partial charge < -0.3 is 21.3 Å². The molecule has 1 saturated heterocycles. The summed E-state index contributed by atoms with van der Waals surface area (Å²) in [5.41, 5.74) is 4.96. The number of carbonyl (C=O) groups is 1. The first-order chi connectivity index (χ1) is 20.4. The molecule has 2 aromatic carbocycles. The number of aryl methyl sites for hydroxylation is 2. The van der Waals surface area contributed by atoms with Gasteiger partial charge in [0.1, 0.15) is 16.9 Å². The Labute approximate surface area is 247 Å². The van der Waals surface area contributed by atoms with Crippen LogP contribution in [0.4, 0.5) is 33.2 Å². The van der Waals surface area contributed by atoms with E-state index < -0.39 is 5.82 Å². The average Bonchev–Trinajstić information content (AvgIpc) is 2.99. The molecule has 2 aliphatic heterocycles. The van der Waals surface area contributed by atoms with E-state index in [4.69, 9.17) is 11.6 Å². The Morgan fingerprint density at radius 3 is 2.90 bits per heavy atom. The van der Waals surface area contributed by atoms with Gasteiger partial charge in [0.15, 0.2) is 5.82 Å². The van der Waals surface area contributed by atoms with E-state index in [1.54, 1.807) is 18.3 Å². The fraction of sp³-hybridized carbons (Fsp3) is 0.258. The van der Waals surface area contributed by atoms with Gasteiger partial charge in [-0.05, 0) is 85.2 Å². The van der Waals surface area contributed by atoms with E-state index in [9.17, 15) is 14.4 Å². The fourth-order valence-electron chi connectivity index (χ4n) is 5.58. The number of nitriles is 1. The number of nitrogens with one attached hydrogen (secondary N) is 4. The fourth-order valence-corrected chi connectivity index (χ4v) is 5.72. The van der Waals surface area contributed by atoms with Gasteiger partial charge in [-0.15, -0.1) is 0 Å². The number of amides is 1. The van der Waals surface area contributed by atoms with Crippen LogP contribution in [0.3, 0.4) is 0 Å². The van der Waals surface area contributed by atoms with E-state index >= 15 is 0 Å². The van der Waals surface area contributed by atoms with Crippen molar-refractivity contribution in [1.82, 2.24) is 20.3 Å². The minimum atomic E-state index is -0.523. The van der Waals surface area contributed by atoms with Crippen LogP contribution in [0.25, 0.3) is 0 Å². The molecular formula is C31H28ClFN8O. The number of hydrogen-bond acceptors (Lipinski definition) is 8. The molecule has 0 spiro atoms. The molecular weight excluding hydrogens is 555 g/mol. The van der Waals surface area contributed by atoms with Crippen LogP contribution in [-0.4, -0.2) is 27.4 Å². The Morgan fingerprint density at radius 1 is 1.12 bits per heavy atom. The number of pyridine rings is 1. The Balaban J connectivity index is 1.20. The normalized spacial score (nSPS) is 17.7. The molecule has 212 valence electrons. The maximum Gasteiger partial charge on any atom is 0.229 e. The monoisotopic (exact) mass is 582 g/mol. The zero-order valence-electron chi connectivity index (χ0n) is 22.6. The summed E-state index contributed by atoms with van der Waals surface area (Å²) in [5, 5.41) is 22.8. The van der Waals surface area contributed by atoms with Gasteiger partial charge in [-0.2, -0.15) is 10.2 Å². The first-order valence-electron chi connectivity index (χ1n) is 13.8. The van der Waals surface area contributed by atoms with Crippen molar-refractivity contribution >= 4 is 46.3 Å². The number of aromatic nitrogens is 3. The molecule has 11 heteroatoms. The number of carbonyl (C=O) groups excluding carboxylic acids is 1. The molecule has 9 nitrogen and oxygen atoms in total. The molecule has 4 heterocycles. The summed E-state index contributed by atoms with van der Waals surface area (Å²) in [7, 11) is 0. The topological polar surface area (TPSA) is 128 Å². The molecule has 4 aromatic rings. The molecule has 6 rings (SSSR count). The molecule has 42 heavy (non-hydrogen) atoms. The highest BCUT2D eigenvalue weighted by Crippen LogP contribution is 2.33. The van der Waals surface area contributed by atoms with E-state index in [-0.39, 0.29) is 23.4 Å². The second-order valence-corrected chi connectivity index (χ2v) is 11.0. The van der Waals surface area contributed by atoms with Gasteiger partial charge in [-0.25, -0.2) is 9.37 Å². The van der Waals surface area contributed by atoms with Crippen LogP contribution in [0.2, 0.25) is 5.02 Å². The SMILES string of the molecule is N#Cc1c(F)cccc1C1CC(CC(=O)Nc2ccc3cc2CCc2cncc(c2)Nc2ncc(Cl)c(n2)N3)CCN1. The number of hydrogen-bond donors (Lipinski definition) is 4. The number of piperidine rings is 1. The maximum absolute atomic E-state index is 14.2. The Morgan fingerprint density at radius 2 is 2.02 bits per heavy atom. The largest absolute Gasteiger partial charge is 0.339 e. The number of anilines is 5. The van der Waals surface area contributed by atoms with Crippen molar-refractivity contribution in [2.24, 2.45) is 5.92 Å². The number of nitrogens with zero attached hydrogens (tertiary/aromatic N) is 4. The van der Waals surface area contributed by atoms with Crippen molar-refractivity contribution in [3.05, 3.63) is 94.1 Å². The summed E-state index contributed by atoms with van der Waals surface area (Å²) < 4.78 is 14.2. The van der Waals surface area contributed by atoms with Crippen molar-refractivity contribution in [1.29, 1.82) is 5.26 Å². The van der Waals surface area contributed by atoms with Crippen LogP contribution in [0.5, 0.6) is 0 Å². The van der Waals surface area contributed by atoms with Gasteiger partial charge >= 0.3 is 0 Å². The molecule has 1 amide bonds. The van der Waals surface area contributed by atoms with Crippen LogP contribution < -0.4 is 21.3 Å². The van der Waals surface area contributed by atoms with Gasteiger partial charge in [-0.1, -0.05) is 23.7 Å². The summed E-state index contributed by atoms with van der Waals surface area (Å²) in [5.74, 6) is 0.332. The lowest BCUT2D eigenvalue weighted by Crippen LogP contribution is -2.34. The molecule has 6 bridgehead atoms. The molecule has 2 unspecified atom stereocenters. The summed E-state index contributed by atoms with van der Waals surface area (Å²) in [6, 6.07) is 14.3. The predicted molar refractivity (Wildman–Crippen MR) is 160 cm³/mol. The molecule has 1 fully saturated rings. The lowest BCUT2D eigenvalue weighted by atomic mass is 9.85. The third-order valence-electron chi connectivity index (χ3n) is 7.64. The van der Waals surface area contributed by atoms with Gasteiger partial charge in [0.05, 0.1) is 23.6 Å². The smallest absolute Gasteiger partial charge is 0.229 e. The van der Waals surface area contributed by atoms with Gasteiger partial charge in [0.2, 0.25) is 11.9 Å². The highest BCUT2D eigenvalue weighted by Gasteiger charge is 2.27. The predicted octanol–water partition coefficient (Wildman–Crippen LogP) is 6.19. The zero-order chi connectivity index (χ0) is 29.1. The van der Waals surface area contributed by atoms with Crippen LogP contribution in [-0.2, 0) is 17.6 Å². The molecule has 0 saturated carbocycles. The number of rotatable bonds is 4. The molecule has 2 aliphatic rings. The quantitative estimate of drug-likeness (QED) is 0.224. The Bertz CT molecular complexity index is 1690. The molecule has 0 aliphatic carbocycles. The van der Waals surface area contributed by atoms with E-state index in [0.29, 0.717) is 54.6 Å². The second-order valence-electron chi connectivity index (χ2n) is 10.6. The van der Waals surface area contributed by atoms with Crippen LogP contribution >= 0.6 is 11.6 Å². The van der Waals surface area contributed by atoms with Gasteiger partial charge in [-0.3, -0.25) is 9.78 Å². The van der Waals surface area contributed by atoms with E-state index in [1.165, 1.54) is 12.3 Å². The van der Waals surface area contributed by atoms with E-state index in [0.717, 1.165) is 34.6 Å². The maximum atomic E-state index is 14.2. The minimum Gasteiger partial charge on any atom is -0.339 e. The Kier molecular flexibility index (Phi) is 7.95. The highest BCUT2D eigenvalue weighted by molar-refractivity contribution is 6.32. The number of benzene rings is 2. The zero-order valence-corrected chi connectivity index (χ0v) is 23.4. The minimum absolute atomic E-state index is 0.0600. The standard InChI is InChI=1S/C31H28ClFN8O/c32-25-17-37-31-39-22-10-19(15-35-16-22)4-5-20-13-21(38-30(25)41-31)6-7-27(20)40-29(42)12-18-8-9-36-28(11-18)23-2-1-3-26(33)24(23)14-34/h1-3,6-7,10,13,15-18,28,36H,4-5,8-9,11-12H2,(H,40,42)(H2,37,38,39,41). The molecule has 4 N–H and O–H groups in total. The van der Waals surface area contributed by atoms with Crippen molar-refractivity contribution < 1.29 is 9.18 Å². The van der Waals surface area contributed by atoms with Crippen LogP contribution in [0.1, 0.15) is 47.6 Å². The van der Waals surface area contributed by atoms with Gasteiger partial charge in [0.25, 0.3) is 0 Å². The lowest BCUT2D eigenvalue weighted by Gasteiger charge is -2.31. The van der Waals surface area contributed by atoms with Crippen molar-refractivity contribution in [3.63, 3.8) is 0 Å². The first kappa shape index (κ1) is 27.6. The summed E-state index contributed by atoms with van der Waals surface area (Å²) in [6.45, 7) is 0.685. The Hall–Kier alpha value is -4.59. The summed E-state index contributed by atoms with van der Waals surface area (Å²) in [4.78, 5) is 26.4. The summed E-state index contributed by atoms with van der Waals surface area (Å²) in [6.07, 6.45) is 8.22. The first-order valence-corrected chi connectivity index (χ1v) is 14.2. The van der Waals surface area contributed by atoms with Crippen molar-refractivity contribution in [2.75, 3.05) is 22.5 Å². The van der Waals surface area contributed by atoms with E-state index in [2.05, 4.69) is 36.2 Å². The summed E-state index contributed by atoms with van der Waals surface area (Å²) >= 11 is 6.38. The lowest BCUT2D eigenvalue weighted by molar-refractivity contribution is -0.117. The average molecular weight is 583 g/mol. The molecule has 2 aromatic heterocycles. The second kappa shape index (κ2) is 12.1. The van der Waals surface area contributed by atoms with Gasteiger partial charge in [0, 0.05) is 30.0 Å². The number of halogens is 2. The van der Waals surface area contributed by atoms with Crippen molar-refractivity contribution in [3.8, 4) is 6.07 Å². The van der Waals surface area contributed by atoms with Crippen molar-refractivity contribution in [2.45, 2.75) is 38.1 Å². The molecule has 0 radical (unpaired) electrons. The third-order valence-corrected chi connectivity index (χ3v) is 7.92. The third kappa shape index (κ3) is 6.17. The number of fused-ring (bicyclic) bond motifs is 6. The van der Waals surface area contributed by atoms with E-state index in [1.807, 2.05) is 36.5 Å². The van der Waals surface area contributed by atoms with Crippen LogP contribution in [0.15, 0.2) is 61.1 Å².